The minimum absolute atomic E-state index is 0.0764. The van der Waals surface area contributed by atoms with Gasteiger partial charge in [0.1, 0.15) is 5.76 Å². The van der Waals surface area contributed by atoms with Gasteiger partial charge in [0.15, 0.2) is 0 Å². The highest BCUT2D eigenvalue weighted by molar-refractivity contribution is 5.13. The fourth-order valence-electron chi connectivity index (χ4n) is 0.738. The van der Waals surface area contributed by atoms with E-state index in [0.717, 1.165) is 5.56 Å². The van der Waals surface area contributed by atoms with Gasteiger partial charge in [-0.3, -0.25) is 0 Å². The van der Waals surface area contributed by atoms with E-state index in [0.29, 0.717) is 5.76 Å². The Kier molecular flexibility index (Phi) is 2.09. The molecule has 0 fully saturated rings. The Bertz CT molecular complexity index is 207. The third-order valence-electron chi connectivity index (χ3n) is 1.31. The summed E-state index contributed by atoms with van der Waals surface area (Å²) in [5.74, 6) is 0.639. The maximum atomic E-state index is 8.61. The minimum atomic E-state index is -0.381. The van der Waals surface area contributed by atoms with Crippen molar-refractivity contribution in [1.82, 2.24) is 0 Å². The fraction of sp³-hybridized carbons (Fsp3) is 0.429. The molecule has 0 saturated carbocycles. The second-order valence-electron chi connectivity index (χ2n) is 2.32. The summed E-state index contributed by atoms with van der Waals surface area (Å²) in [5, 5.41) is 8.61. The van der Waals surface area contributed by atoms with Crippen molar-refractivity contribution < 1.29 is 9.52 Å². The van der Waals surface area contributed by atoms with E-state index < -0.39 is 0 Å². The molecule has 0 amide bonds. The van der Waals surface area contributed by atoms with Crippen LogP contribution in [0.15, 0.2) is 16.7 Å². The lowest BCUT2D eigenvalue weighted by atomic mass is 10.2. The molecule has 3 nitrogen and oxygen atoms in total. The Labute approximate surface area is 59.5 Å². The molecule has 0 aliphatic rings. The van der Waals surface area contributed by atoms with Crippen molar-refractivity contribution in [3.63, 3.8) is 0 Å². The van der Waals surface area contributed by atoms with Gasteiger partial charge in [-0.1, -0.05) is 0 Å². The lowest BCUT2D eigenvalue weighted by molar-refractivity contribution is 0.252. The molecule has 1 atom stereocenters. The Morgan fingerprint density at radius 1 is 1.80 bits per heavy atom. The van der Waals surface area contributed by atoms with E-state index >= 15 is 0 Å². The molecule has 1 rings (SSSR count). The molecule has 1 unspecified atom stereocenters. The summed E-state index contributed by atoms with van der Waals surface area (Å²) in [5.41, 5.74) is 6.49. The predicted molar refractivity (Wildman–Crippen MR) is 37.5 cm³/mol. The summed E-state index contributed by atoms with van der Waals surface area (Å²) in [6.45, 7) is 1.84. The second-order valence-corrected chi connectivity index (χ2v) is 2.32. The van der Waals surface area contributed by atoms with Gasteiger partial charge in [-0.2, -0.15) is 0 Å². The van der Waals surface area contributed by atoms with Gasteiger partial charge < -0.3 is 15.3 Å². The topological polar surface area (TPSA) is 59.4 Å². The Balaban J connectivity index is 2.74. The van der Waals surface area contributed by atoms with E-state index in [4.69, 9.17) is 15.3 Å². The van der Waals surface area contributed by atoms with Gasteiger partial charge >= 0.3 is 0 Å². The molecule has 0 aromatic carbocycles. The van der Waals surface area contributed by atoms with Crippen LogP contribution in [0.25, 0.3) is 0 Å². The molecule has 3 N–H and O–H groups in total. The summed E-state index contributed by atoms with van der Waals surface area (Å²) in [7, 11) is 0. The van der Waals surface area contributed by atoms with E-state index in [-0.39, 0.29) is 12.6 Å². The van der Waals surface area contributed by atoms with Gasteiger partial charge in [0.05, 0.1) is 18.9 Å². The average molecular weight is 141 g/mol. The maximum absolute atomic E-state index is 8.61. The Morgan fingerprint density at radius 3 is 2.90 bits per heavy atom. The molecular weight excluding hydrogens is 130 g/mol. The van der Waals surface area contributed by atoms with Crippen molar-refractivity contribution in [2.75, 3.05) is 6.61 Å². The minimum Gasteiger partial charge on any atom is -0.467 e. The zero-order valence-electron chi connectivity index (χ0n) is 5.87. The normalized spacial score (nSPS) is 13.5. The van der Waals surface area contributed by atoms with Crippen LogP contribution in [-0.2, 0) is 0 Å². The Morgan fingerprint density at radius 2 is 2.50 bits per heavy atom. The van der Waals surface area contributed by atoms with Gasteiger partial charge in [-0.05, 0) is 18.6 Å². The molecule has 0 bridgehead atoms. The molecule has 1 aromatic heterocycles. The third-order valence-corrected chi connectivity index (χ3v) is 1.31. The number of rotatable bonds is 2. The molecule has 10 heavy (non-hydrogen) atoms. The first-order valence-corrected chi connectivity index (χ1v) is 3.15. The van der Waals surface area contributed by atoms with E-state index in [1.807, 2.05) is 13.0 Å². The second kappa shape index (κ2) is 2.86. The number of aliphatic hydroxyl groups excluding tert-OH is 1. The Hall–Kier alpha value is -0.800. The number of hydrogen-bond acceptors (Lipinski definition) is 3. The lowest BCUT2D eigenvalue weighted by Gasteiger charge is -2.01. The van der Waals surface area contributed by atoms with E-state index in [9.17, 15) is 0 Å². The number of aliphatic hydroxyl groups is 1. The van der Waals surface area contributed by atoms with Crippen molar-refractivity contribution in [3.05, 3.63) is 23.7 Å². The molecule has 3 heteroatoms. The molecular formula is C7H11NO2. The van der Waals surface area contributed by atoms with E-state index in [2.05, 4.69) is 0 Å². The van der Waals surface area contributed by atoms with Crippen LogP contribution in [0.3, 0.4) is 0 Å². The molecule has 0 aliphatic carbocycles. The maximum Gasteiger partial charge on any atom is 0.123 e. The summed E-state index contributed by atoms with van der Waals surface area (Å²) in [4.78, 5) is 0. The number of nitrogens with two attached hydrogens (primary N) is 1. The molecule has 0 spiro atoms. The monoisotopic (exact) mass is 141 g/mol. The van der Waals surface area contributed by atoms with Gasteiger partial charge in [-0.25, -0.2) is 0 Å². The molecule has 0 aliphatic heterocycles. The average Bonchev–Trinajstić information content (AvgIpc) is 2.34. The lowest BCUT2D eigenvalue weighted by Crippen LogP contribution is -2.13. The summed E-state index contributed by atoms with van der Waals surface area (Å²) in [6, 6.07) is 1.44. The summed E-state index contributed by atoms with van der Waals surface area (Å²) in [6.07, 6.45) is 1.62. The first kappa shape index (κ1) is 7.31. The van der Waals surface area contributed by atoms with Crippen LogP contribution >= 0.6 is 0 Å². The molecule has 0 radical (unpaired) electrons. The van der Waals surface area contributed by atoms with E-state index in [1.165, 1.54) is 0 Å². The highest BCUT2D eigenvalue weighted by Crippen LogP contribution is 2.12. The highest BCUT2D eigenvalue weighted by Gasteiger charge is 2.06. The van der Waals surface area contributed by atoms with Crippen LogP contribution in [0.4, 0.5) is 0 Å². The smallest absolute Gasteiger partial charge is 0.123 e. The van der Waals surface area contributed by atoms with Crippen LogP contribution in [0.5, 0.6) is 0 Å². The molecule has 56 valence electrons. The van der Waals surface area contributed by atoms with Crippen LogP contribution in [0.1, 0.15) is 17.4 Å². The zero-order chi connectivity index (χ0) is 7.56. The van der Waals surface area contributed by atoms with Crippen LogP contribution < -0.4 is 5.73 Å². The van der Waals surface area contributed by atoms with E-state index in [1.54, 1.807) is 6.26 Å². The number of furan rings is 1. The number of aryl methyl sites for hydroxylation is 1. The standard InChI is InChI=1S/C7H11NO2/c1-5-2-7(10-4-5)6(8)3-9/h2,4,6,9H,3,8H2,1H3. The summed E-state index contributed by atoms with van der Waals surface area (Å²) < 4.78 is 5.03. The zero-order valence-corrected chi connectivity index (χ0v) is 5.87. The number of hydrogen-bond donors (Lipinski definition) is 2. The van der Waals surface area contributed by atoms with Crippen molar-refractivity contribution in [2.24, 2.45) is 5.73 Å². The van der Waals surface area contributed by atoms with Crippen LogP contribution in [0, 0.1) is 6.92 Å². The molecule has 0 saturated heterocycles. The first-order valence-electron chi connectivity index (χ1n) is 3.15. The van der Waals surface area contributed by atoms with Crippen molar-refractivity contribution in [1.29, 1.82) is 0 Å². The first-order chi connectivity index (χ1) is 4.74. The van der Waals surface area contributed by atoms with Gasteiger partial charge in [0.25, 0.3) is 0 Å². The van der Waals surface area contributed by atoms with Crippen LogP contribution in [0.2, 0.25) is 0 Å². The quantitative estimate of drug-likeness (QED) is 0.633. The highest BCUT2D eigenvalue weighted by atomic mass is 16.3. The van der Waals surface area contributed by atoms with Gasteiger partial charge in [0, 0.05) is 0 Å². The molecule has 1 aromatic rings. The molecule has 1 heterocycles. The largest absolute Gasteiger partial charge is 0.467 e. The van der Waals surface area contributed by atoms with Gasteiger partial charge in [0.2, 0.25) is 0 Å². The fourth-order valence-corrected chi connectivity index (χ4v) is 0.738. The van der Waals surface area contributed by atoms with Crippen LogP contribution in [-0.4, -0.2) is 11.7 Å². The van der Waals surface area contributed by atoms with Crippen molar-refractivity contribution in [3.8, 4) is 0 Å². The SMILES string of the molecule is Cc1coc(C(N)CO)c1. The van der Waals surface area contributed by atoms with Crippen molar-refractivity contribution in [2.45, 2.75) is 13.0 Å². The third kappa shape index (κ3) is 1.37. The summed E-state index contributed by atoms with van der Waals surface area (Å²) >= 11 is 0. The van der Waals surface area contributed by atoms with Crippen molar-refractivity contribution >= 4 is 0 Å². The predicted octanol–water partition coefficient (Wildman–Crippen LogP) is 0.580. The van der Waals surface area contributed by atoms with Gasteiger partial charge in [-0.15, -0.1) is 0 Å².